The highest BCUT2D eigenvalue weighted by atomic mass is 35.5. The zero-order chi connectivity index (χ0) is 15.5. The van der Waals surface area contributed by atoms with Gasteiger partial charge in [0.25, 0.3) is 0 Å². The average molecular weight is 323 g/mol. The molecular formula is C14H12ClFN4O2. The van der Waals surface area contributed by atoms with Gasteiger partial charge in [0.2, 0.25) is 0 Å². The monoisotopic (exact) mass is 322 g/mol. The molecule has 3 aromatic rings. The van der Waals surface area contributed by atoms with E-state index in [0.717, 1.165) is 0 Å². The van der Waals surface area contributed by atoms with E-state index in [2.05, 4.69) is 15.0 Å². The average Bonchev–Trinajstić information content (AvgIpc) is 2.91. The minimum atomic E-state index is -0.781. The molecule has 0 saturated carbocycles. The Labute approximate surface area is 130 Å². The number of fused-ring (bicyclic) bond motifs is 1. The predicted octanol–water partition coefficient (Wildman–Crippen LogP) is 2.06. The van der Waals surface area contributed by atoms with Crippen LogP contribution < -0.4 is 4.74 Å². The fourth-order valence-corrected chi connectivity index (χ4v) is 2.17. The van der Waals surface area contributed by atoms with Crippen LogP contribution in [0.5, 0.6) is 5.75 Å². The maximum atomic E-state index is 12.8. The lowest BCUT2D eigenvalue weighted by atomic mass is 10.3. The van der Waals surface area contributed by atoms with Gasteiger partial charge in [-0.3, -0.25) is 0 Å². The Morgan fingerprint density at radius 3 is 2.77 bits per heavy atom. The summed E-state index contributed by atoms with van der Waals surface area (Å²) in [7, 11) is 0. The van der Waals surface area contributed by atoms with Crippen LogP contribution in [0.1, 0.15) is 0 Å². The van der Waals surface area contributed by atoms with E-state index in [-0.39, 0.29) is 24.1 Å². The lowest BCUT2D eigenvalue weighted by Gasteiger charge is -2.13. The molecule has 2 heterocycles. The second-order valence-corrected chi connectivity index (χ2v) is 5.01. The summed E-state index contributed by atoms with van der Waals surface area (Å²) in [6.45, 7) is 0.301. The van der Waals surface area contributed by atoms with Crippen molar-refractivity contribution >= 4 is 22.8 Å². The van der Waals surface area contributed by atoms with Crippen LogP contribution in [0.4, 0.5) is 4.39 Å². The third-order valence-electron chi connectivity index (χ3n) is 3.02. The highest BCUT2D eigenvalue weighted by Crippen LogP contribution is 2.17. The third kappa shape index (κ3) is 3.15. The quantitative estimate of drug-likeness (QED) is 0.728. The van der Waals surface area contributed by atoms with Crippen LogP contribution in [0.3, 0.4) is 0 Å². The number of aromatic nitrogens is 4. The van der Waals surface area contributed by atoms with Crippen LogP contribution in [0.15, 0.2) is 36.9 Å². The Hall–Kier alpha value is -2.25. The Kier molecular flexibility index (Phi) is 4.17. The van der Waals surface area contributed by atoms with E-state index in [1.807, 2.05) is 0 Å². The molecule has 114 valence electrons. The minimum Gasteiger partial charge on any atom is -0.491 e. The van der Waals surface area contributed by atoms with Crippen LogP contribution in [-0.2, 0) is 6.54 Å². The van der Waals surface area contributed by atoms with E-state index in [9.17, 15) is 9.50 Å². The van der Waals surface area contributed by atoms with Gasteiger partial charge in [-0.25, -0.2) is 19.3 Å². The summed E-state index contributed by atoms with van der Waals surface area (Å²) >= 11 is 5.92. The van der Waals surface area contributed by atoms with E-state index in [1.54, 1.807) is 4.57 Å². The number of hydrogen-bond acceptors (Lipinski definition) is 5. The second kappa shape index (κ2) is 6.25. The number of nitrogens with zero attached hydrogens (tertiary/aromatic N) is 4. The molecule has 2 aromatic heterocycles. The van der Waals surface area contributed by atoms with E-state index in [4.69, 9.17) is 16.3 Å². The summed E-state index contributed by atoms with van der Waals surface area (Å²) < 4.78 is 19.8. The van der Waals surface area contributed by atoms with Crippen LogP contribution in [0.25, 0.3) is 11.2 Å². The zero-order valence-electron chi connectivity index (χ0n) is 11.4. The summed E-state index contributed by atoms with van der Waals surface area (Å²) in [6, 6.07) is 5.59. The van der Waals surface area contributed by atoms with Gasteiger partial charge in [-0.05, 0) is 24.3 Å². The highest BCUT2D eigenvalue weighted by Gasteiger charge is 2.12. The first-order valence-electron chi connectivity index (χ1n) is 6.51. The summed E-state index contributed by atoms with van der Waals surface area (Å²) in [5.41, 5.74) is 1.02. The molecule has 1 unspecified atom stereocenters. The minimum absolute atomic E-state index is 0.0596. The molecule has 0 aliphatic rings. The molecule has 0 aliphatic heterocycles. The molecule has 0 radical (unpaired) electrons. The van der Waals surface area contributed by atoms with Crippen LogP contribution in [-0.4, -0.2) is 37.3 Å². The Morgan fingerprint density at radius 1 is 1.23 bits per heavy atom. The maximum absolute atomic E-state index is 12.8. The van der Waals surface area contributed by atoms with E-state index in [0.29, 0.717) is 16.9 Å². The van der Waals surface area contributed by atoms with Gasteiger partial charge in [-0.1, -0.05) is 11.6 Å². The van der Waals surface area contributed by atoms with Gasteiger partial charge in [0, 0.05) is 0 Å². The number of benzene rings is 1. The van der Waals surface area contributed by atoms with E-state index >= 15 is 0 Å². The van der Waals surface area contributed by atoms with Crippen LogP contribution in [0.2, 0.25) is 5.15 Å². The van der Waals surface area contributed by atoms with Crippen LogP contribution >= 0.6 is 11.6 Å². The standard InChI is InChI=1S/C14H12ClFN4O2/c15-13-12-14(18-7-17-13)20(8-19-12)5-10(21)6-22-11-3-1-9(16)2-4-11/h1-4,7-8,10,21H,5-6H2. The van der Waals surface area contributed by atoms with Crippen molar-refractivity contribution in [2.24, 2.45) is 0 Å². The first-order valence-corrected chi connectivity index (χ1v) is 6.89. The molecule has 3 rings (SSSR count). The number of aliphatic hydroxyl groups is 1. The molecule has 0 amide bonds. The maximum Gasteiger partial charge on any atom is 0.164 e. The number of ether oxygens (including phenoxy) is 1. The molecule has 6 nitrogen and oxygen atoms in total. The summed E-state index contributed by atoms with van der Waals surface area (Å²) in [6.07, 6.45) is 2.09. The van der Waals surface area contributed by atoms with Crippen LogP contribution in [0, 0.1) is 5.82 Å². The number of halogens is 2. The van der Waals surface area contributed by atoms with Crippen molar-refractivity contribution in [2.75, 3.05) is 6.61 Å². The molecule has 0 saturated heterocycles. The highest BCUT2D eigenvalue weighted by molar-refractivity contribution is 6.33. The number of imidazole rings is 1. The molecule has 8 heteroatoms. The lowest BCUT2D eigenvalue weighted by Crippen LogP contribution is -2.23. The molecule has 22 heavy (non-hydrogen) atoms. The normalized spacial score (nSPS) is 12.5. The molecule has 1 N–H and O–H groups in total. The van der Waals surface area contributed by atoms with E-state index < -0.39 is 6.10 Å². The number of aliphatic hydroxyl groups excluding tert-OH is 1. The van der Waals surface area contributed by atoms with Gasteiger partial charge in [-0.15, -0.1) is 0 Å². The fourth-order valence-electron chi connectivity index (χ4n) is 1.99. The van der Waals surface area contributed by atoms with Crippen molar-refractivity contribution in [3.8, 4) is 5.75 Å². The first kappa shape index (κ1) is 14.7. The number of hydrogen-bond donors (Lipinski definition) is 1. The summed E-state index contributed by atoms with van der Waals surface area (Å²) in [5.74, 6) is 0.149. The van der Waals surface area contributed by atoms with Gasteiger partial charge in [0.1, 0.15) is 36.1 Å². The van der Waals surface area contributed by atoms with Crippen molar-refractivity contribution < 1.29 is 14.2 Å². The predicted molar refractivity (Wildman–Crippen MR) is 78.2 cm³/mol. The first-order chi connectivity index (χ1) is 10.6. The third-order valence-corrected chi connectivity index (χ3v) is 3.30. The fraction of sp³-hybridized carbons (Fsp3) is 0.214. The van der Waals surface area contributed by atoms with Gasteiger partial charge in [0.05, 0.1) is 12.9 Å². The van der Waals surface area contributed by atoms with Gasteiger partial charge in [-0.2, -0.15) is 0 Å². The van der Waals surface area contributed by atoms with Gasteiger partial charge >= 0.3 is 0 Å². The molecular weight excluding hydrogens is 311 g/mol. The van der Waals surface area contributed by atoms with Crippen molar-refractivity contribution in [3.63, 3.8) is 0 Å². The van der Waals surface area contributed by atoms with Gasteiger partial charge < -0.3 is 14.4 Å². The SMILES string of the molecule is OC(COc1ccc(F)cc1)Cn1cnc2c(Cl)ncnc21. The number of rotatable bonds is 5. The second-order valence-electron chi connectivity index (χ2n) is 4.65. The topological polar surface area (TPSA) is 73.1 Å². The van der Waals surface area contributed by atoms with Crippen molar-refractivity contribution in [2.45, 2.75) is 12.6 Å². The van der Waals surface area contributed by atoms with Crippen molar-refractivity contribution in [1.29, 1.82) is 0 Å². The molecule has 0 bridgehead atoms. The zero-order valence-corrected chi connectivity index (χ0v) is 12.1. The molecule has 0 fully saturated rings. The lowest BCUT2D eigenvalue weighted by molar-refractivity contribution is 0.0932. The molecule has 1 aromatic carbocycles. The summed E-state index contributed by atoms with van der Waals surface area (Å²) in [5, 5.41) is 10.3. The van der Waals surface area contributed by atoms with Crippen molar-refractivity contribution in [1.82, 2.24) is 19.5 Å². The van der Waals surface area contributed by atoms with E-state index in [1.165, 1.54) is 36.9 Å². The molecule has 1 atom stereocenters. The van der Waals surface area contributed by atoms with Crippen molar-refractivity contribution in [3.05, 3.63) is 47.9 Å². The molecule has 0 aliphatic carbocycles. The largest absolute Gasteiger partial charge is 0.491 e. The molecule has 0 spiro atoms. The Bertz CT molecular complexity index is 778. The van der Waals surface area contributed by atoms with Gasteiger partial charge in [0.15, 0.2) is 10.8 Å². The Balaban J connectivity index is 1.64. The Morgan fingerprint density at radius 2 is 2.00 bits per heavy atom. The summed E-state index contributed by atoms with van der Waals surface area (Å²) in [4.78, 5) is 12.0. The smallest absolute Gasteiger partial charge is 0.164 e.